The van der Waals surface area contributed by atoms with Crippen molar-refractivity contribution < 1.29 is 4.74 Å². The van der Waals surface area contributed by atoms with Crippen LogP contribution < -0.4 is 15.6 Å². The molecule has 0 radical (unpaired) electrons. The maximum absolute atomic E-state index is 11.7. The molecule has 106 valence electrons. The second-order valence-corrected chi connectivity index (χ2v) is 5.17. The van der Waals surface area contributed by atoms with Crippen LogP contribution in [0.15, 0.2) is 11.1 Å². The summed E-state index contributed by atoms with van der Waals surface area (Å²) in [5.74, 6) is 1.50. The van der Waals surface area contributed by atoms with Crippen LogP contribution >= 0.6 is 0 Å². The van der Waals surface area contributed by atoms with E-state index in [0.29, 0.717) is 17.8 Å². The highest BCUT2D eigenvalue weighted by molar-refractivity contribution is 5.48. The van der Waals surface area contributed by atoms with Gasteiger partial charge in [-0.25, -0.2) is 4.98 Å². The van der Waals surface area contributed by atoms with Gasteiger partial charge in [0.15, 0.2) is 5.82 Å². The molecular weight excluding hydrogens is 242 g/mol. The molecule has 2 N–H and O–H groups in total. The summed E-state index contributed by atoms with van der Waals surface area (Å²) in [7, 11) is 1.50. The molecule has 1 aliphatic carbocycles. The zero-order valence-corrected chi connectivity index (χ0v) is 11.7. The van der Waals surface area contributed by atoms with Crippen molar-refractivity contribution in [1.29, 1.82) is 0 Å². The van der Waals surface area contributed by atoms with Gasteiger partial charge in [0.2, 0.25) is 5.75 Å². The standard InChI is InChI=1S/C14H23N3O2/c1-3-11(10-7-5-4-6-8-10)17-13-12(19-2)14(18)16-9-15-13/h9-11H,3-8H2,1-2H3,(H2,15,16,17,18). The van der Waals surface area contributed by atoms with Crippen LogP contribution in [0.2, 0.25) is 0 Å². The normalized spacial score (nSPS) is 18.0. The summed E-state index contributed by atoms with van der Waals surface area (Å²) in [6.07, 6.45) is 8.93. The number of hydrogen-bond donors (Lipinski definition) is 2. The quantitative estimate of drug-likeness (QED) is 0.858. The second-order valence-electron chi connectivity index (χ2n) is 5.17. The highest BCUT2D eigenvalue weighted by Gasteiger charge is 2.23. The van der Waals surface area contributed by atoms with Crippen LogP contribution in [0.5, 0.6) is 5.75 Å². The third-order valence-corrected chi connectivity index (χ3v) is 4.00. The molecular formula is C14H23N3O2. The van der Waals surface area contributed by atoms with Crippen molar-refractivity contribution in [3.05, 3.63) is 16.7 Å². The molecule has 1 aliphatic rings. The summed E-state index contributed by atoms with van der Waals surface area (Å²) < 4.78 is 5.14. The maximum Gasteiger partial charge on any atom is 0.295 e. The Morgan fingerprint density at radius 1 is 1.47 bits per heavy atom. The molecule has 1 atom stereocenters. The average Bonchev–Trinajstić information content (AvgIpc) is 2.46. The van der Waals surface area contributed by atoms with E-state index in [0.717, 1.165) is 6.42 Å². The number of anilines is 1. The number of hydrogen-bond acceptors (Lipinski definition) is 4. The van der Waals surface area contributed by atoms with E-state index in [-0.39, 0.29) is 11.3 Å². The van der Waals surface area contributed by atoms with Gasteiger partial charge in [0.25, 0.3) is 5.56 Å². The first-order valence-electron chi connectivity index (χ1n) is 7.14. The number of ether oxygens (including phenoxy) is 1. The Morgan fingerprint density at radius 3 is 2.84 bits per heavy atom. The molecule has 5 nitrogen and oxygen atoms in total. The summed E-state index contributed by atoms with van der Waals surface area (Å²) in [4.78, 5) is 18.4. The Morgan fingerprint density at radius 2 is 2.21 bits per heavy atom. The minimum atomic E-state index is -0.238. The minimum Gasteiger partial charge on any atom is -0.489 e. The van der Waals surface area contributed by atoms with Gasteiger partial charge in [0, 0.05) is 6.04 Å². The van der Waals surface area contributed by atoms with Gasteiger partial charge < -0.3 is 15.0 Å². The van der Waals surface area contributed by atoms with Crippen LogP contribution in [0, 0.1) is 5.92 Å². The lowest BCUT2D eigenvalue weighted by Crippen LogP contribution is -2.31. The van der Waals surface area contributed by atoms with Crippen LogP contribution in [0.3, 0.4) is 0 Å². The van der Waals surface area contributed by atoms with Crippen LogP contribution in [0.4, 0.5) is 5.82 Å². The number of aromatic nitrogens is 2. The van der Waals surface area contributed by atoms with E-state index in [2.05, 4.69) is 22.2 Å². The first-order chi connectivity index (χ1) is 9.26. The predicted molar refractivity (Wildman–Crippen MR) is 75.7 cm³/mol. The van der Waals surface area contributed by atoms with E-state index in [1.54, 1.807) is 0 Å². The van der Waals surface area contributed by atoms with Crippen molar-refractivity contribution in [2.75, 3.05) is 12.4 Å². The Labute approximate surface area is 113 Å². The van der Waals surface area contributed by atoms with Gasteiger partial charge in [-0.2, -0.15) is 0 Å². The molecule has 19 heavy (non-hydrogen) atoms. The van der Waals surface area contributed by atoms with E-state index in [1.807, 2.05) is 0 Å². The highest BCUT2D eigenvalue weighted by Crippen LogP contribution is 2.30. The van der Waals surface area contributed by atoms with E-state index >= 15 is 0 Å². The fourth-order valence-corrected chi connectivity index (χ4v) is 2.94. The highest BCUT2D eigenvalue weighted by atomic mass is 16.5. The molecule has 2 rings (SSSR count). The molecule has 0 aliphatic heterocycles. The number of aromatic amines is 1. The lowest BCUT2D eigenvalue weighted by Gasteiger charge is -2.30. The van der Waals surface area contributed by atoms with E-state index in [9.17, 15) is 4.79 Å². The van der Waals surface area contributed by atoms with Crippen LogP contribution in [-0.2, 0) is 0 Å². The fraction of sp³-hybridized carbons (Fsp3) is 0.714. The largest absolute Gasteiger partial charge is 0.489 e. The monoisotopic (exact) mass is 265 g/mol. The SMILES string of the molecule is CCC(Nc1nc[nH]c(=O)c1OC)C1CCCCC1. The van der Waals surface area contributed by atoms with Crippen molar-refractivity contribution in [2.45, 2.75) is 51.5 Å². The van der Waals surface area contributed by atoms with Gasteiger partial charge in [0.1, 0.15) is 0 Å². The van der Waals surface area contributed by atoms with Crippen molar-refractivity contribution in [3.63, 3.8) is 0 Å². The van der Waals surface area contributed by atoms with E-state index in [4.69, 9.17) is 4.74 Å². The molecule has 0 aromatic carbocycles. The fourth-order valence-electron chi connectivity index (χ4n) is 2.94. The third kappa shape index (κ3) is 3.28. The van der Waals surface area contributed by atoms with Gasteiger partial charge >= 0.3 is 0 Å². The molecule has 5 heteroatoms. The zero-order chi connectivity index (χ0) is 13.7. The first-order valence-corrected chi connectivity index (χ1v) is 7.14. The Hall–Kier alpha value is -1.52. The number of rotatable bonds is 5. The topological polar surface area (TPSA) is 67.0 Å². The molecule has 0 saturated heterocycles. The molecule has 1 saturated carbocycles. The van der Waals surface area contributed by atoms with E-state index < -0.39 is 0 Å². The Bertz CT molecular complexity index is 452. The van der Waals surface area contributed by atoms with Crippen LogP contribution in [0.25, 0.3) is 0 Å². The minimum absolute atomic E-state index is 0.238. The first kappa shape index (κ1) is 13.9. The molecule has 1 unspecified atom stereocenters. The van der Waals surface area contributed by atoms with Crippen LogP contribution in [0.1, 0.15) is 45.4 Å². The van der Waals surface area contributed by atoms with Gasteiger partial charge in [0.05, 0.1) is 13.4 Å². The zero-order valence-electron chi connectivity index (χ0n) is 11.7. The van der Waals surface area contributed by atoms with Crippen molar-refractivity contribution in [3.8, 4) is 5.75 Å². The predicted octanol–water partition coefficient (Wildman–Crippen LogP) is 2.55. The molecule has 0 amide bonds. The Kier molecular flexibility index (Phi) is 4.82. The van der Waals surface area contributed by atoms with Gasteiger partial charge in [-0.1, -0.05) is 26.2 Å². The van der Waals surface area contributed by atoms with Gasteiger partial charge in [-0.05, 0) is 25.2 Å². The Balaban J connectivity index is 2.13. The lowest BCUT2D eigenvalue weighted by atomic mass is 9.83. The average molecular weight is 265 g/mol. The third-order valence-electron chi connectivity index (χ3n) is 4.00. The lowest BCUT2D eigenvalue weighted by molar-refractivity contribution is 0.311. The molecule has 0 bridgehead atoms. The summed E-state index contributed by atoms with van der Waals surface area (Å²) in [5, 5.41) is 3.40. The number of H-pyrrole nitrogens is 1. The molecule has 1 aromatic heterocycles. The number of nitrogens with zero attached hydrogens (tertiary/aromatic N) is 1. The molecule has 0 spiro atoms. The van der Waals surface area contributed by atoms with Gasteiger partial charge in [-0.15, -0.1) is 0 Å². The second kappa shape index (κ2) is 6.59. The molecule has 1 heterocycles. The van der Waals surface area contributed by atoms with Crippen LogP contribution in [-0.4, -0.2) is 23.1 Å². The maximum atomic E-state index is 11.7. The van der Waals surface area contributed by atoms with Crippen molar-refractivity contribution >= 4 is 5.82 Å². The molecule has 1 fully saturated rings. The van der Waals surface area contributed by atoms with E-state index in [1.165, 1.54) is 45.5 Å². The number of nitrogens with one attached hydrogen (secondary N) is 2. The number of methoxy groups -OCH3 is 1. The summed E-state index contributed by atoms with van der Waals surface area (Å²) in [5.41, 5.74) is -0.238. The molecule has 1 aromatic rings. The summed E-state index contributed by atoms with van der Waals surface area (Å²) in [6, 6.07) is 0.364. The summed E-state index contributed by atoms with van der Waals surface area (Å²) >= 11 is 0. The van der Waals surface area contributed by atoms with Crippen molar-refractivity contribution in [2.24, 2.45) is 5.92 Å². The van der Waals surface area contributed by atoms with Crippen molar-refractivity contribution in [1.82, 2.24) is 9.97 Å². The summed E-state index contributed by atoms with van der Waals surface area (Å²) in [6.45, 7) is 2.17. The smallest absolute Gasteiger partial charge is 0.295 e. The van der Waals surface area contributed by atoms with Gasteiger partial charge in [-0.3, -0.25) is 4.79 Å².